The molecule has 1 aromatic heterocycles. The van der Waals surface area contributed by atoms with Crippen LogP contribution in [0.1, 0.15) is 26.3 Å². The molecular weight excluding hydrogens is 242 g/mol. The first-order valence-corrected chi connectivity index (χ1v) is 6.40. The van der Waals surface area contributed by atoms with Crippen LogP contribution in [-0.2, 0) is 16.1 Å². The maximum Gasteiger partial charge on any atom is 0.239 e. The molecule has 0 aliphatic carbocycles. The highest BCUT2D eigenvalue weighted by Crippen LogP contribution is 2.00. The summed E-state index contributed by atoms with van der Waals surface area (Å²) < 4.78 is 0. The lowest BCUT2D eigenvalue weighted by Crippen LogP contribution is -2.41. The number of pyridine rings is 1. The Kier molecular flexibility index (Phi) is 5.99. The number of carbonyl (C=O) groups is 2. The quantitative estimate of drug-likeness (QED) is 0.839. The highest BCUT2D eigenvalue weighted by molar-refractivity contribution is 5.83. The lowest BCUT2D eigenvalue weighted by atomic mass is 10.2. The predicted octanol–water partition coefficient (Wildman–Crippen LogP) is 1.20. The van der Waals surface area contributed by atoms with E-state index in [0.717, 1.165) is 5.56 Å². The second kappa shape index (κ2) is 7.51. The molecule has 5 heteroatoms. The third-order valence-corrected chi connectivity index (χ3v) is 2.60. The molecule has 0 radical (unpaired) electrons. The SMILES string of the molecule is CC(=O)N(CC(=O)NCc1ccncc1)CC(C)C. The standard InChI is InChI=1S/C14H21N3O2/c1-11(2)9-17(12(3)18)10-14(19)16-8-13-4-6-15-7-5-13/h4-7,11H,8-10H2,1-3H3,(H,16,19). The Morgan fingerprint density at radius 3 is 2.47 bits per heavy atom. The molecule has 0 atom stereocenters. The molecule has 5 nitrogen and oxygen atoms in total. The minimum Gasteiger partial charge on any atom is -0.350 e. The molecule has 0 bridgehead atoms. The van der Waals surface area contributed by atoms with Gasteiger partial charge in [0, 0.05) is 32.4 Å². The van der Waals surface area contributed by atoms with E-state index in [1.54, 1.807) is 17.3 Å². The van der Waals surface area contributed by atoms with E-state index in [2.05, 4.69) is 10.3 Å². The number of nitrogens with zero attached hydrogens (tertiary/aromatic N) is 2. The minimum atomic E-state index is -0.146. The molecule has 0 fully saturated rings. The van der Waals surface area contributed by atoms with Crippen LogP contribution in [0, 0.1) is 5.92 Å². The Bertz CT molecular complexity index is 418. The summed E-state index contributed by atoms with van der Waals surface area (Å²) >= 11 is 0. The lowest BCUT2D eigenvalue weighted by Gasteiger charge is -2.22. The van der Waals surface area contributed by atoms with Crippen molar-refractivity contribution in [2.24, 2.45) is 5.92 Å². The third-order valence-electron chi connectivity index (χ3n) is 2.60. The number of hydrogen-bond donors (Lipinski definition) is 1. The number of aromatic nitrogens is 1. The van der Waals surface area contributed by atoms with E-state index in [4.69, 9.17) is 0 Å². The maximum absolute atomic E-state index is 11.8. The van der Waals surface area contributed by atoms with Gasteiger partial charge in [-0.15, -0.1) is 0 Å². The predicted molar refractivity (Wildman–Crippen MR) is 73.2 cm³/mol. The Labute approximate surface area is 114 Å². The smallest absolute Gasteiger partial charge is 0.239 e. The summed E-state index contributed by atoms with van der Waals surface area (Å²) in [6, 6.07) is 3.69. The van der Waals surface area contributed by atoms with Crippen LogP contribution < -0.4 is 5.32 Å². The largest absolute Gasteiger partial charge is 0.350 e. The van der Waals surface area contributed by atoms with E-state index >= 15 is 0 Å². The number of nitrogens with one attached hydrogen (secondary N) is 1. The van der Waals surface area contributed by atoms with Crippen LogP contribution in [0.5, 0.6) is 0 Å². The summed E-state index contributed by atoms with van der Waals surface area (Å²) in [4.78, 5) is 28.7. The molecule has 1 N–H and O–H groups in total. The van der Waals surface area contributed by atoms with E-state index in [0.29, 0.717) is 19.0 Å². The molecule has 2 amide bonds. The van der Waals surface area contributed by atoms with Crippen molar-refractivity contribution in [3.63, 3.8) is 0 Å². The molecule has 0 aliphatic rings. The van der Waals surface area contributed by atoms with Crippen LogP contribution in [0.3, 0.4) is 0 Å². The Hall–Kier alpha value is -1.91. The average Bonchev–Trinajstić information content (AvgIpc) is 2.36. The first-order valence-electron chi connectivity index (χ1n) is 6.40. The van der Waals surface area contributed by atoms with Gasteiger partial charge in [-0.05, 0) is 23.6 Å². The molecule has 1 rings (SSSR count). The molecule has 0 saturated heterocycles. The van der Waals surface area contributed by atoms with Crippen molar-refractivity contribution < 1.29 is 9.59 Å². The Balaban J connectivity index is 2.42. The van der Waals surface area contributed by atoms with Crippen molar-refractivity contribution in [3.05, 3.63) is 30.1 Å². The van der Waals surface area contributed by atoms with Crippen LogP contribution in [-0.4, -0.2) is 34.8 Å². The average molecular weight is 263 g/mol. The zero-order chi connectivity index (χ0) is 14.3. The second-order valence-corrected chi connectivity index (χ2v) is 4.93. The van der Waals surface area contributed by atoms with Gasteiger partial charge in [0.05, 0.1) is 6.54 Å². The van der Waals surface area contributed by atoms with Gasteiger partial charge in [0.1, 0.15) is 0 Å². The van der Waals surface area contributed by atoms with Crippen molar-refractivity contribution >= 4 is 11.8 Å². The maximum atomic E-state index is 11.8. The van der Waals surface area contributed by atoms with E-state index < -0.39 is 0 Å². The Morgan fingerprint density at radius 1 is 1.32 bits per heavy atom. The third kappa shape index (κ3) is 5.99. The van der Waals surface area contributed by atoms with Gasteiger partial charge in [-0.25, -0.2) is 0 Å². The topological polar surface area (TPSA) is 62.3 Å². The number of hydrogen-bond acceptors (Lipinski definition) is 3. The van der Waals surface area contributed by atoms with Gasteiger partial charge >= 0.3 is 0 Å². The molecule has 1 aromatic rings. The summed E-state index contributed by atoms with van der Waals surface area (Å²) in [6.45, 7) is 6.68. The molecule has 0 aromatic carbocycles. The highest BCUT2D eigenvalue weighted by Gasteiger charge is 2.14. The molecule has 0 saturated carbocycles. The minimum absolute atomic E-state index is 0.0761. The Morgan fingerprint density at radius 2 is 1.95 bits per heavy atom. The summed E-state index contributed by atoms with van der Waals surface area (Å²) in [7, 11) is 0. The molecule has 0 unspecified atom stereocenters. The number of amides is 2. The van der Waals surface area contributed by atoms with Crippen LogP contribution in [0.25, 0.3) is 0 Å². The molecule has 19 heavy (non-hydrogen) atoms. The van der Waals surface area contributed by atoms with E-state index in [-0.39, 0.29) is 18.4 Å². The lowest BCUT2D eigenvalue weighted by molar-refractivity contribution is -0.134. The fourth-order valence-corrected chi connectivity index (χ4v) is 1.68. The van der Waals surface area contributed by atoms with Crippen LogP contribution in [0.4, 0.5) is 0 Å². The number of carbonyl (C=O) groups excluding carboxylic acids is 2. The zero-order valence-electron chi connectivity index (χ0n) is 11.7. The van der Waals surface area contributed by atoms with Gasteiger partial charge in [0.25, 0.3) is 0 Å². The van der Waals surface area contributed by atoms with Gasteiger partial charge in [-0.2, -0.15) is 0 Å². The van der Waals surface area contributed by atoms with Crippen molar-refractivity contribution in [1.82, 2.24) is 15.2 Å². The molecule has 0 aliphatic heterocycles. The molecule has 1 heterocycles. The van der Waals surface area contributed by atoms with Crippen molar-refractivity contribution in [2.45, 2.75) is 27.3 Å². The summed E-state index contributed by atoms with van der Waals surface area (Å²) in [6.07, 6.45) is 3.37. The fraction of sp³-hybridized carbons (Fsp3) is 0.500. The van der Waals surface area contributed by atoms with Crippen molar-refractivity contribution in [1.29, 1.82) is 0 Å². The van der Waals surface area contributed by atoms with E-state index in [1.165, 1.54) is 6.92 Å². The monoisotopic (exact) mass is 263 g/mol. The molecule has 104 valence electrons. The summed E-state index contributed by atoms with van der Waals surface area (Å²) in [5, 5.41) is 2.80. The van der Waals surface area contributed by atoms with Gasteiger partial charge in [-0.1, -0.05) is 13.8 Å². The van der Waals surface area contributed by atoms with Crippen molar-refractivity contribution in [3.8, 4) is 0 Å². The second-order valence-electron chi connectivity index (χ2n) is 4.93. The highest BCUT2D eigenvalue weighted by atomic mass is 16.2. The van der Waals surface area contributed by atoms with Gasteiger partial charge in [-0.3, -0.25) is 14.6 Å². The zero-order valence-corrected chi connectivity index (χ0v) is 11.7. The fourth-order valence-electron chi connectivity index (χ4n) is 1.68. The first kappa shape index (κ1) is 15.1. The molecular formula is C14H21N3O2. The van der Waals surface area contributed by atoms with E-state index in [1.807, 2.05) is 26.0 Å². The normalized spacial score (nSPS) is 10.3. The van der Waals surface area contributed by atoms with E-state index in [9.17, 15) is 9.59 Å². The van der Waals surface area contributed by atoms with Crippen LogP contribution in [0.2, 0.25) is 0 Å². The van der Waals surface area contributed by atoms with Crippen molar-refractivity contribution in [2.75, 3.05) is 13.1 Å². The summed E-state index contributed by atoms with van der Waals surface area (Å²) in [5.41, 5.74) is 0.988. The van der Waals surface area contributed by atoms with Gasteiger partial charge < -0.3 is 10.2 Å². The van der Waals surface area contributed by atoms with Crippen LogP contribution >= 0.6 is 0 Å². The number of rotatable bonds is 6. The first-order chi connectivity index (χ1) is 8.99. The molecule has 0 spiro atoms. The van der Waals surface area contributed by atoms with Gasteiger partial charge in [0.2, 0.25) is 11.8 Å². The summed E-state index contributed by atoms with van der Waals surface area (Å²) in [5.74, 6) is 0.123. The van der Waals surface area contributed by atoms with Crippen LogP contribution in [0.15, 0.2) is 24.5 Å². The van der Waals surface area contributed by atoms with Gasteiger partial charge in [0.15, 0.2) is 0 Å².